The maximum Gasteiger partial charge on any atom is 0.303 e. The number of ether oxygens (including phenoxy) is 1. The fraction of sp³-hybridized carbons (Fsp3) is 0.417. The van der Waals surface area contributed by atoms with Gasteiger partial charge >= 0.3 is 5.97 Å². The van der Waals surface area contributed by atoms with Gasteiger partial charge in [0.15, 0.2) is 0 Å². The molecule has 0 unspecified atom stereocenters. The maximum atomic E-state index is 10.4. The number of hydrogen-bond acceptors (Lipinski definition) is 3. The number of carbonyl (C=O) groups is 1. The van der Waals surface area contributed by atoms with Crippen LogP contribution in [0.5, 0.6) is 5.75 Å². The third kappa shape index (κ3) is 3.46. The summed E-state index contributed by atoms with van der Waals surface area (Å²) >= 11 is 0. The average molecular weight is 223 g/mol. The molecule has 0 aliphatic carbocycles. The average Bonchev–Trinajstić information content (AvgIpc) is 2.28. The van der Waals surface area contributed by atoms with E-state index in [4.69, 9.17) is 9.84 Å². The van der Waals surface area contributed by atoms with Gasteiger partial charge in [-0.15, -0.1) is 0 Å². The number of benzene rings is 1. The van der Waals surface area contributed by atoms with Crippen LogP contribution in [0, 0.1) is 0 Å². The number of carboxylic acid groups (broad SMARTS) is 1. The highest BCUT2D eigenvalue weighted by atomic mass is 16.5. The van der Waals surface area contributed by atoms with Crippen LogP contribution in [-0.4, -0.2) is 31.8 Å². The molecule has 16 heavy (non-hydrogen) atoms. The van der Waals surface area contributed by atoms with E-state index in [1.807, 2.05) is 36.2 Å². The highest BCUT2D eigenvalue weighted by molar-refractivity contribution is 5.66. The first-order valence-electron chi connectivity index (χ1n) is 5.21. The molecule has 0 amide bonds. The summed E-state index contributed by atoms with van der Waals surface area (Å²) < 4.78 is 5.24. The molecule has 0 fully saturated rings. The molecular weight excluding hydrogens is 206 g/mol. The first kappa shape index (κ1) is 12.4. The van der Waals surface area contributed by atoms with Crippen molar-refractivity contribution < 1.29 is 14.6 Å². The number of nitrogens with zero attached hydrogens (tertiary/aromatic N) is 1. The summed E-state index contributed by atoms with van der Waals surface area (Å²) in [4.78, 5) is 12.4. The Balaban J connectivity index is 2.58. The molecule has 0 aromatic heterocycles. The molecule has 0 saturated heterocycles. The highest BCUT2D eigenvalue weighted by Gasteiger charge is 2.07. The second-order valence-electron chi connectivity index (χ2n) is 3.59. The molecule has 88 valence electrons. The largest absolute Gasteiger partial charge is 0.495 e. The SMILES string of the molecule is COc1ccccc1N(C)CCCC(=O)O. The predicted molar refractivity (Wildman–Crippen MR) is 63.1 cm³/mol. The number of carboxylic acids is 1. The Morgan fingerprint density at radius 2 is 2.12 bits per heavy atom. The molecule has 0 aliphatic rings. The van der Waals surface area contributed by atoms with Gasteiger partial charge in [0, 0.05) is 20.0 Å². The van der Waals surface area contributed by atoms with Crippen LogP contribution in [0.1, 0.15) is 12.8 Å². The van der Waals surface area contributed by atoms with Gasteiger partial charge < -0.3 is 14.7 Å². The minimum absolute atomic E-state index is 0.194. The molecule has 1 aromatic carbocycles. The monoisotopic (exact) mass is 223 g/mol. The molecular formula is C12H17NO3. The first-order valence-corrected chi connectivity index (χ1v) is 5.21. The molecule has 4 nitrogen and oxygen atoms in total. The van der Waals surface area contributed by atoms with Crippen molar-refractivity contribution in [2.45, 2.75) is 12.8 Å². The van der Waals surface area contributed by atoms with Crippen LogP contribution < -0.4 is 9.64 Å². The molecule has 0 spiro atoms. The Labute approximate surface area is 95.5 Å². The van der Waals surface area contributed by atoms with Crippen molar-refractivity contribution in [1.82, 2.24) is 0 Å². The Morgan fingerprint density at radius 1 is 1.44 bits per heavy atom. The lowest BCUT2D eigenvalue weighted by Gasteiger charge is -2.21. The van der Waals surface area contributed by atoms with E-state index in [2.05, 4.69) is 0 Å². The molecule has 0 bridgehead atoms. The molecule has 0 saturated carbocycles. The molecule has 0 atom stereocenters. The summed E-state index contributed by atoms with van der Waals surface area (Å²) in [6.45, 7) is 0.701. The summed E-state index contributed by atoms with van der Waals surface area (Å²) in [5.41, 5.74) is 0.982. The predicted octanol–water partition coefficient (Wildman–Crippen LogP) is 2.00. The maximum absolute atomic E-state index is 10.4. The van der Waals surface area contributed by atoms with E-state index < -0.39 is 5.97 Å². The lowest BCUT2D eigenvalue weighted by Crippen LogP contribution is -2.19. The lowest BCUT2D eigenvalue weighted by atomic mass is 10.2. The van der Waals surface area contributed by atoms with Crippen molar-refractivity contribution in [2.75, 3.05) is 25.6 Å². The van der Waals surface area contributed by atoms with E-state index in [1.54, 1.807) is 7.11 Å². The van der Waals surface area contributed by atoms with Crippen LogP contribution in [0.15, 0.2) is 24.3 Å². The first-order chi connectivity index (χ1) is 7.65. The summed E-state index contributed by atoms with van der Waals surface area (Å²) in [6, 6.07) is 7.70. The summed E-state index contributed by atoms with van der Waals surface area (Å²) in [5, 5.41) is 8.55. The fourth-order valence-electron chi connectivity index (χ4n) is 1.53. The van der Waals surface area contributed by atoms with Crippen LogP contribution in [0.2, 0.25) is 0 Å². The number of anilines is 1. The van der Waals surface area contributed by atoms with Crippen LogP contribution in [-0.2, 0) is 4.79 Å². The molecule has 4 heteroatoms. The third-order valence-electron chi connectivity index (χ3n) is 2.38. The van der Waals surface area contributed by atoms with Crippen molar-refractivity contribution in [2.24, 2.45) is 0 Å². The summed E-state index contributed by atoms with van der Waals surface area (Å²) in [5.74, 6) is 0.0498. The topological polar surface area (TPSA) is 49.8 Å². The van der Waals surface area contributed by atoms with Gasteiger partial charge in [0.25, 0.3) is 0 Å². The van der Waals surface area contributed by atoms with Gasteiger partial charge in [-0.05, 0) is 18.6 Å². The molecule has 1 aromatic rings. The quantitative estimate of drug-likeness (QED) is 0.801. The highest BCUT2D eigenvalue weighted by Crippen LogP contribution is 2.26. The number of rotatable bonds is 6. The van der Waals surface area contributed by atoms with Crippen LogP contribution in [0.25, 0.3) is 0 Å². The zero-order valence-electron chi connectivity index (χ0n) is 9.64. The zero-order valence-corrected chi connectivity index (χ0v) is 9.64. The Bertz CT molecular complexity index is 352. The van der Waals surface area contributed by atoms with Gasteiger partial charge in [-0.3, -0.25) is 4.79 Å². The van der Waals surface area contributed by atoms with Crippen molar-refractivity contribution in [1.29, 1.82) is 0 Å². The Hall–Kier alpha value is -1.71. The smallest absolute Gasteiger partial charge is 0.303 e. The Kier molecular flexibility index (Phi) is 4.64. The van der Waals surface area contributed by atoms with Gasteiger partial charge in [0.05, 0.1) is 12.8 Å². The van der Waals surface area contributed by atoms with Gasteiger partial charge in [-0.2, -0.15) is 0 Å². The van der Waals surface area contributed by atoms with E-state index >= 15 is 0 Å². The van der Waals surface area contributed by atoms with E-state index in [0.29, 0.717) is 13.0 Å². The summed E-state index contributed by atoms with van der Waals surface area (Å²) in [7, 11) is 3.56. The van der Waals surface area contributed by atoms with E-state index in [-0.39, 0.29) is 6.42 Å². The minimum atomic E-state index is -0.756. The van der Waals surface area contributed by atoms with Crippen molar-refractivity contribution in [3.05, 3.63) is 24.3 Å². The third-order valence-corrected chi connectivity index (χ3v) is 2.38. The standard InChI is InChI=1S/C12H17NO3/c1-13(9-5-8-12(14)15)10-6-3-4-7-11(10)16-2/h3-4,6-7H,5,8-9H2,1-2H3,(H,14,15). The van der Waals surface area contributed by atoms with Crippen LogP contribution in [0.4, 0.5) is 5.69 Å². The van der Waals surface area contributed by atoms with Gasteiger partial charge in [-0.25, -0.2) is 0 Å². The summed E-state index contributed by atoms with van der Waals surface area (Å²) in [6.07, 6.45) is 0.823. The number of aliphatic carboxylic acids is 1. The van der Waals surface area contributed by atoms with Gasteiger partial charge in [0.1, 0.15) is 5.75 Å². The Morgan fingerprint density at radius 3 is 2.75 bits per heavy atom. The van der Waals surface area contributed by atoms with Crippen LogP contribution in [0.3, 0.4) is 0 Å². The van der Waals surface area contributed by atoms with E-state index in [0.717, 1.165) is 11.4 Å². The molecule has 0 heterocycles. The minimum Gasteiger partial charge on any atom is -0.495 e. The van der Waals surface area contributed by atoms with Crippen molar-refractivity contribution >= 4 is 11.7 Å². The second kappa shape index (κ2) is 6.00. The van der Waals surface area contributed by atoms with E-state index in [9.17, 15) is 4.79 Å². The molecule has 1 rings (SSSR count). The number of methoxy groups -OCH3 is 1. The molecule has 0 aliphatic heterocycles. The van der Waals surface area contributed by atoms with Gasteiger partial charge in [-0.1, -0.05) is 12.1 Å². The zero-order chi connectivity index (χ0) is 12.0. The normalized spacial score (nSPS) is 9.88. The number of hydrogen-bond donors (Lipinski definition) is 1. The number of para-hydroxylation sites is 2. The van der Waals surface area contributed by atoms with Gasteiger partial charge in [0.2, 0.25) is 0 Å². The van der Waals surface area contributed by atoms with Crippen molar-refractivity contribution in [3.8, 4) is 5.75 Å². The molecule has 1 N–H and O–H groups in total. The second-order valence-corrected chi connectivity index (χ2v) is 3.59. The van der Waals surface area contributed by atoms with Crippen LogP contribution >= 0.6 is 0 Å². The fourth-order valence-corrected chi connectivity index (χ4v) is 1.53. The lowest BCUT2D eigenvalue weighted by molar-refractivity contribution is -0.137. The van der Waals surface area contributed by atoms with E-state index in [1.165, 1.54) is 0 Å². The molecule has 0 radical (unpaired) electrons. The van der Waals surface area contributed by atoms with Crippen molar-refractivity contribution in [3.63, 3.8) is 0 Å².